The van der Waals surface area contributed by atoms with Crippen molar-refractivity contribution in [1.82, 2.24) is 5.32 Å². The minimum Gasteiger partial charge on any atom is -0.480 e. The van der Waals surface area contributed by atoms with Crippen LogP contribution in [0, 0.1) is 0 Å². The summed E-state index contributed by atoms with van der Waals surface area (Å²) < 4.78 is 0. The molecular formula is C6H11ClN2O2. The van der Waals surface area contributed by atoms with Crippen LogP contribution in [0.3, 0.4) is 0 Å². The molecule has 0 aromatic carbocycles. The Morgan fingerprint density at radius 3 is 2.82 bits per heavy atom. The third-order valence-corrected chi connectivity index (χ3v) is 1.43. The maximum Gasteiger partial charge on any atom is 0.328 e. The van der Waals surface area contributed by atoms with Crippen molar-refractivity contribution in [1.29, 1.82) is 0 Å². The van der Waals surface area contributed by atoms with Gasteiger partial charge in [-0.1, -0.05) is 0 Å². The van der Waals surface area contributed by atoms with E-state index in [1.807, 2.05) is 0 Å². The van der Waals surface area contributed by atoms with E-state index in [4.69, 9.17) is 5.11 Å². The molecule has 1 aliphatic heterocycles. The summed E-state index contributed by atoms with van der Waals surface area (Å²) in [5.74, 6) is -0.112. The largest absolute Gasteiger partial charge is 0.480 e. The maximum absolute atomic E-state index is 10.4. The molecule has 64 valence electrons. The number of aliphatic imine (C=N–C) groups is 1. The molecule has 0 aromatic rings. The summed E-state index contributed by atoms with van der Waals surface area (Å²) >= 11 is 0. The van der Waals surface area contributed by atoms with Crippen molar-refractivity contribution in [3.63, 3.8) is 0 Å². The molecule has 1 heterocycles. The molecule has 0 radical (unpaired) electrons. The fourth-order valence-corrected chi connectivity index (χ4v) is 0.912. The zero-order chi connectivity index (χ0) is 7.56. The van der Waals surface area contributed by atoms with E-state index < -0.39 is 12.0 Å². The Morgan fingerprint density at radius 1 is 1.82 bits per heavy atom. The Kier molecular flexibility index (Phi) is 3.89. The van der Waals surface area contributed by atoms with Gasteiger partial charge in [-0.2, -0.15) is 0 Å². The zero-order valence-corrected chi connectivity index (χ0v) is 7.02. The van der Waals surface area contributed by atoms with Gasteiger partial charge in [0, 0.05) is 6.54 Å². The average molecular weight is 179 g/mol. The van der Waals surface area contributed by atoms with E-state index in [0.717, 1.165) is 5.84 Å². The fraction of sp³-hybridized carbons (Fsp3) is 0.667. The van der Waals surface area contributed by atoms with Gasteiger partial charge in [-0.15, -0.1) is 12.4 Å². The summed E-state index contributed by atoms with van der Waals surface area (Å²) in [6, 6.07) is -0.527. The highest BCUT2D eigenvalue weighted by Crippen LogP contribution is 2.01. The lowest BCUT2D eigenvalue weighted by atomic mass is 10.2. The molecule has 4 nitrogen and oxygen atoms in total. The summed E-state index contributed by atoms with van der Waals surface area (Å²) in [5.41, 5.74) is 0. The van der Waals surface area contributed by atoms with Crippen molar-refractivity contribution in [3.05, 3.63) is 0 Å². The smallest absolute Gasteiger partial charge is 0.328 e. The molecule has 1 aliphatic rings. The predicted molar refractivity (Wildman–Crippen MR) is 44.4 cm³/mol. The Morgan fingerprint density at radius 2 is 2.45 bits per heavy atom. The second-order valence-electron chi connectivity index (χ2n) is 2.28. The fourth-order valence-electron chi connectivity index (χ4n) is 0.912. The first kappa shape index (κ1) is 10.2. The maximum atomic E-state index is 10.4. The highest BCUT2D eigenvalue weighted by atomic mass is 35.5. The number of carboxylic acids is 1. The summed E-state index contributed by atoms with van der Waals surface area (Å²) in [4.78, 5) is 14.3. The van der Waals surface area contributed by atoms with E-state index in [-0.39, 0.29) is 12.4 Å². The highest BCUT2D eigenvalue weighted by molar-refractivity contribution is 5.85. The van der Waals surface area contributed by atoms with Gasteiger partial charge in [0.1, 0.15) is 0 Å². The molecule has 11 heavy (non-hydrogen) atoms. The Hall–Kier alpha value is -0.770. The second-order valence-corrected chi connectivity index (χ2v) is 2.28. The lowest BCUT2D eigenvalue weighted by molar-refractivity contribution is -0.138. The van der Waals surface area contributed by atoms with Crippen molar-refractivity contribution >= 4 is 24.2 Å². The van der Waals surface area contributed by atoms with Crippen LogP contribution >= 0.6 is 12.4 Å². The van der Waals surface area contributed by atoms with Crippen LogP contribution in [0.25, 0.3) is 0 Å². The molecule has 0 aromatic heterocycles. The number of aliphatic carboxylic acids is 1. The molecule has 1 atom stereocenters. The van der Waals surface area contributed by atoms with Crippen molar-refractivity contribution in [2.45, 2.75) is 19.4 Å². The number of carboxylic acid groups (broad SMARTS) is 1. The monoisotopic (exact) mass is 178 g/mol. The van der Waals surface area contributed by atoms with E-state index in [2.05, 4.69) is 10.3 Å². The lowest BCUT2D eigenvalue weighted by Gasteiger charge is -2.16. The van der Waals surface area contributed by atoms with Gasteiger partial charge < -0.3 is 10.4 Å². The van der Waals surface area contributed by atoms with Gasteiger partial charge in [-0.25, -0.2) is 4.79 Å². The molecule has 0 saturated heterocycles. The van der Waals surface area contributed by atoms with E-state index >= 15 is 0 Å². The summed E-state index contributed by atoms with van der Waals surface area (Å²) in [6.45, 7) is 2.49. The molecule has 0 aliphatic carbocycles. The van der Waals surface area contributed by atoms with E-state index in [9.17, 15) is 4.79 Å². The molecule has 0 spiro atoms. The topological polar surface area (TPSA) is 61.7 Å². The van der Waals surface area contributed by atoms with Crippen LogP contribution in [-0.4, -0.2) is 29.5 Å². The van der Waals surface area contributed by atoms with Crippen LogP contribution in [0.5, 0.6) is 0 Å². The zero-order valence-electron chi connectivity index (χ0n) is 6.20. The quantitative estimate of drug-likeness (QED) is 0.606. The number of halogens is 1. The average Bonchev–Trinajstić information content (AvgIpc) is 1.88. The number of hydrogen-bond donors (Lipinski definition) is 2. The van der Waals surface area contributed by atoms with Gasteiger partial charge in [0.15, 0.2) is 6.04 Å². The van der Waals surface area contributed by atoms with Crippen LogP contribution in [0.15, 0.2) is 4.99 Å². The van der Waals surface area contributed by atoms with Crippen molar-refractivity contribution in [3.8, 4) is 0 Å². The van der Waals surface area contributed by atoms with E-state index in [1.54, 1.807) is 6.92 Å². The van der Waals surface area contributed by atoms with Gasteiger partial charge in [-0.3, -0.25) is 4.99 Å². The predicted octanol–water partition coefficient (Wildman–Crippen LogP) is 0.273. The van der Waals surface area contributed by atoms with Crippen LogP contribution in [-0.2, 0) is 4.79 Å². The number of hydrogen-bond acceptors (Lipinski definition) is 3. The number of nitrogens with zero attached hydrogens (tertiary/aromatic N) is 1. The standard InChI is InChI=1S/C6H10N2O2.ClH/c1-4-7-3-2-5(8-4)6(9)10;/h5H,2-3H2,1H3,(H,7,8)(H,9,10);1H/t5-;/m0./s1. The van der Waals surface area contributed by atoms with E-state index in [0.29, 0.717) is 13.0 Å². The Balaban J connectivity index is 0.000001000. The highest BCUT2D eigenvalue weighted by Gasteiger charge is 2.18. The van der Waals surface area contributed by atoms with Gasteiger partial charge >= 0.3 is 5.97 Å². The number of carbonyl (C=O) groups is 1. The number of rotatable bonds is 1. The lowest BCUT2D eigenvalue weighted by Crippen LogP contribution is -2.35. The molecule has 0 bridgehead atoms. The molecule has 0 fully saturated rings. The van der Waals surface area contributed by atoms with Crippen molar-refractivity contribution in [2.75, 3.05) is 6.54 Å². The number of amidine groups is 1. The van der Waals surface area contributed by atoms with Crippen LogP contribution < -0.4 is 5.32 Å². The summed E-state index contributed by atoms with van der Waals surface area (Å²) in [7, 11) is 0. The first-order valence-corrected chi connectivity index (χ1v) is 3.21. The minimum atomic E-state index is -0.833. The molecule has 1 rings (SSSR count). The van der Waals surface area contributed by atoms with Gasteiger partial charge in [0.2, 0.25) is 0 Å². The Bertz CT molecular complexity index is 181. The van der Waals surface area contributed by atoms with Crippen LogP contribution in [0.2, 0.25) is 0 Å². The molecule has 0 unspecified atom stereocenters. The minimum absolute atomic E-state index is 0. The van der Waals surface area contributed by atoms with E-state index in [1.165, 1.54) is 0 Å². The molecule has 5 heteroatoms. The number of nitrogens with one attached hydrogen (secondary N) is 1. The molecule has 0 amide bonds. The third kappa shape index (κ3) is 2.76. The normalized spacial score (nSPS) is 22.6. The summed E-state index contributed by atoms with van der Waals surface area (Å²) in [5, 5.41) is 11.5. The van der Waals surface area contributed by atoms with Crippen LogP contribution in [0.4, 0.5) is 0 Å². The summed E-state index contributed by atoms with van der Waals surface area (Å²) in [6.07, 6.45) is 0.590. The van der Waals surface area contributed by atoms with Crippen molar-refractivity contribution in [2.24, 2.45) is 4.99 Å². The second kappa shape index (κ2) is 4.18. The Labute approximate surface area is 71.1 Å². The van der Waals surface area contributed by atoms with Gasteiger partial charge in [0.05, 0.1) is 5.84 Å². The first-order valence-electron chi connectivity index (χ1n) is 3.21. The molecule has 2 N–H and O–H groups in total. The van der Waals surface area contributed by atoms with Crippen LogP contribution in [0.1, 0.15) is 13.3 Å². The van der Waals surface area contributed by atoms with Crippen molar-refractivity contribution < 1.29 is 9.90 Å². The first-order chi connectivity index (χ1) is 4.70. The third-order valence-electron chi connectivity index (χ3n) is 1.43. The SMILES string of the molecule is CC1=N[C@H](C(=O)O)CCN1.Cl. The van der Waals surface area contributed by atoms with Gasteiger partial charge in [-0.05, 0) is 13.3 Å². The molecule has 0 saturated carbocycles. The van der Waals surface area contributed by atoms with Gasteiger partial charge in [0.25, 0.3) is 0 Å². The molecular weight excluding hydrogens is 168 g/mol.